The fourth-order valence-electron chi connectivity index (χ4n) is 2.76. The summed E-state index contributed by atoms with van der Waals surface area (Å²) in [5.41, 5.74) is 7.89. The number of thiophene rings is 1. The molecule has 3 aromatic heterocycles. The Kier molecular flexibility index (Phi) is 6.68. The number of hydrogen-bond acceptors (Lipinski definition) is 8. The van der Waals surface area contributed by atoms with Gasteiger partial charge in [0.1, 0.15) is 34.4 Å². The number of carbonyl (C=O) groups is 1. The van der Waals surface area contributed by atoms with Crippen LogP contribution in [0.5, 0.6) is 0 Å². The van der Waals surface area contributed by atoms with Gasteiger partial charge in [-0.3, -0.25) is 4.79 Å². The van der Waals surface area contributed by atoms with Crippen molar-refractivity contribution in [2.24, 2.45) is 0 Å². The highest BCUT2D eigenvalue weighted by Gasteiger charge is 2.26. The second kappa shape index (κ2) is 9.40. The molecule has 0 fully saturated rings. The maximum Gasteiger partial charge on any atom is 0.239 e. The van der Waals surface area contributed by atoms with Crippen LogP contribution < -0.4 is 11.1 Å². The van der Waals surface area contributed by atoms with Gasteiger partial charge in [0.25, 0.3) is 0 Å². The van der Waals surface area contributed by atoms with Crippen molar-refractivity contribution in [3.05, 3.63) is 52.5 Å². The van der Waals surface area contributed by atoms with E-state index < -0.39 is 5.25 Å². The molecule has 0 aliphatic heterocycles. The predicted octanol–water partition coefficient (Wildman–Crippen LogP) is 4.35. The van der Waals surface area contributed by atoms with E-state index in [2.05, 4.69) is 27.4 Å². The van der Waals surface area contributed by atoms with Crippen molar-refractivity contribution in [1.29, 1.82) is 10.5 Å². The number of pyridine rings is 2. The van der Waals surface area contributed by atoms with Crippen molar-refractivity contribution < 1.29 is 4.79 Å². The largest absolute Gasteiger partial charge is 0.383 e. The van der Waals surface area contributed by atoms with E-state index in [0.29, 0.717) is 22.8 Å². The van der Waals surface area contributed by atoms with Crippen LogP contribution in [-0.2, 0) is 4.79 Å². The van der Waals surface area contributed by atoms with Crippen LogP contribution in [0.1, 0.15) is 30.0 Å². The highest BCUT2D eigenvalue weighted by Crippen LogP contribution is 2.39. The number of aromatic nitrogens is 2. The van der Waals surface area contributed by atoms with Gasteiger partial charge in [0.05, 0.1) is 10.8 Å². The van der Waals surface area contributed by atoms with Crippen LogP contribution in [0, 0.1) is 29.6 Å². The average Bonchev–Trinajstić information content (AvgIpc) is 3.27. The Bertz CT molecular complexity index is 1140. The number of hydrogen-bond donors (Lipinski definition) is 2. The maximum atomic E-state index is 12.8. The summed E-state index contributed by atoms with van der Waals surface area (Å²) in [4.78, 5) is 22.0. The van der Waals surface area contributed by atoms with Crippen LogP contribution in [-0.4, -0.2) is 21.1 Å². The molecule has 1 atom stereocenters. The number of carbonyl (C=O) groups excluding carboxylic acids is 1. The number of rotatable bonds is 6. The van der Waals surface area contributed by atoms with Crippen molar-refractivity contribution in [2.45, 2.75) is 30.5 Å². The zero-order valence-electron chi connectivity index (χ0n) is 16.3. The molecule has 3 heterocycles. The predicted molar refractivity (Wildman–Crippen MR) is 119 cm³/mol. The number of nitriles is 2. The van der Waals surface area contributed by atoms with Crippen LogP contribution >= 0.6 is 23.1 Å². The van der Waals surface area contributed by atoms with E-state index in [-0.39, 0.29) is 22.9 Å². The number of nitrogens with zero attached hydrogens (tertiary/aromatic N) is 4. The topological polar surface area (TPSA) is 128 Å². The molecule has 0 radical (unpaired) electrons. The normalized spacial score (nSPS) is 11.3. The molecule has 3 N–H and O–H groups in total. The van der Waals surface area contributed by atoms with Gasteiger partial charge in [-0.05, 0) is 36.4 Å². The standard InChI is InChI=1S/C21H18N6OS2/c1-3-15(20(28)26-17-7-6-12(2)11-25-17)30-21-14(10-23)18(16-5-4-8-29-16)13(9-22)19(24)27-21/h4-8,11,15H,3H2,1-2H3,(H2,24,27)(H,25,26,28). The first-order valence-electron chi connectivity index (χ1n) is 9.06. The molecule has 0 aliphatic carbocycles. The summed E-state index contributed by atoms with van der Waals surface area (Å²) in [6.07, 6.45) is 2.18. The van der Waals surface area contributed by atoms with E-state index >= 15 is 0 Å². The molecule has 3 rings (SSSR count). The lowest BCUT2D eigenvalue weighted by Gasteiger charge is -2.17. The van der Waals surface area contributed by atoms with Crippen LogP contribution in [0.4, 0.5) is 11.6 Å². The molecular weight excluding hydrogens is 416 g/mol. The van der Waals surface area contributed by atoms with E-state index in [1.54, 1.807) is 12.3 Å². The molecule has 0 aliphatic rings. The van der Waals surface area contributed by atoms with E-state index in [9.17, 15) is 15.3 Å². The fourth-order valence-corrected chi connectivity index (χ4v) is 4.56. The Morgan fingerprint density at radius 2 is 2.07 bits per heavy atom. The summed E-state index contributed by atoms with van der Waals surface area (Å²) < 4.78 is 0. The first kappa shape index (κ1) is 21.3. The van der Waals surface area contributed by atoms with Crippen LogP contribution in [0.3, 0.4) is 0 Å². The number of nitrogens with one attached hydrogen (secondary N) is 1. The van der Waals surface area contributed by atoms with Crippen molar-refractivity contribution >= 4 is 40.6 Å². The molecule has 1 amide bonds. The summed E-state index contributed by atoms with van der Waals surface area (Å²) in [6.45, 7) is 3.79. The van der Waals surface area contributed by atoms with Gasteiger partial charge in [0.2, 0.25) is 5.91 Å². The van der Waals surface area contributed by atoms with Crippen molar-refractivity contribution in [3.8, 4) is 22.6 Å². The molecule has 150 valence electrons. The first-order valence-corrected chi connectivity index (χ1v) is 10.8. The lowest BCUT2D eigenvalue weighted by molar-refractivity contribution is -0.115. The zero-order valence-corrected chi connectivity index (χ0v) is 18.0. The number of anilines is 2. The molecule has 30 heavy (non-hydrogen) atoms. The fraction of sp³-hybridized carbons (Fsp3) is 0.190. The second-order valence-corrected chi connectivity index (χ2v) is 8.49. The highest BCUT2D eigenvalue weighted by molar-refractivity contribution is 8.00. The average molecular weight is 435 g/mol. The lowest BCUT2D eigenvalue weighted by Crippen LogP contribution is -2.25. The van der Waals surface area contributed by atoms with E-state index in [1.165, 1.54) is 11.3 Å². The molecule has 0 saturated heterocycles. The van der Waals surface area contributed by atoms with Crippen molar-refractivity contribution in [2.75, 3.05) is 11.1 Å². The minimum atomic E-state index is -0.517. The van der Waals surface area contributed by atoms with Gasteiger partial charge in [-0.25, -0.2) is 9.97 Å². The molecule has 0 spiro atoms. The number of aryl methyl sites for hydroxylation is 1. The SMILES string of the molecule is CCC(Sc1nc(N)c(C#N)c(-c2cccs2)c1C#N)C(=O)Nc1ccc(C)cn1. The second-order valence-electron chi connectivity index (χ2n) is 6.35. The third-order valence-corrected chi connectivity index (χ3v) is 6.50. The summed E-state index contributed by atoms with van der Waals surface area (Å²) in [5.74, 6) is 0.250. The molecule has 1 unspecified atom stereocenters. The third-order valence-electron chi connectivity index (χ3n) is 4.26. The van der Waals surface area contributed by atoms with E-state index in [0.717, 1.165) is 22.2 Å². The maximum absolute atomic E-state index is 12.8. The van der Waals surface area contributed by atoms with Crippen LogP contribution in [0.15, 0.2) is 40.9 Å². The van der Waals surface area contributed by atoms with Gasteiger partial charge in [0.15, 0.2) is 0 Å². The molecule has 3 aromatic rings. The Morgan fingerprint density at radius 1 is 1.30 bits per heavy atom. The van der Waals surface area contributed by atoms with Crippen molar-refractivity contribution in [1.82, 2.24) is 9.97 Å². The lowest BCUT2D eigenvalue weighted by atomic mass is 10.0. The summed E-state index contributed by atoms with van der Waals surface area (Å²) in [7, 11) is 0. The Hall–Kier alpha value is -3.40. The van der Waals surface area contributed by atoms with Gasteiger partial charge in [-0.15, -0.1) is 11.3 Å². The first-order chi connectivity index (χ1) is 14.5. The van der Waals surface area contributed by atoms with Gasteiger partial charge in [-0.2, -0.15) is 10.5 Å². The summed E-state index contributed by atoms with van der Waals surface area (Å²) >= 11 is 2.56. The Balaban J connectivity index is 1.96. The van der Waals surface area contributed by atoms with Gasteiger partial charge < -0.3 is 11.1 Å². The van der Waals surface area contributed by atoms with Crippen molar-refractivity contribution in [3.63, 3.8) is 0 Å². The quantitative estimate of drug-likeness (QED) is 0.552. The van der Waals surface area contributed by atoms with Gasteiger partial charge in [-0.1, -0.05) is 30.8 Å². The number of nitrogen functional groups attached to an aromatic ring is 1. The molecule has 7 nitrogen and oxygen atoms in total. The molecular formula is C21H18N6OS2. The smallest absolute Gasteiger partial charge is 0.239 e. The van der Waals surface area contributed by atoms with E-state index in [1.807, 2.05) is 37.4 Å². The summed E-state index contributed by atoms with van der Waals surface area (Å²) in [6, 6.07) is 11.5. The molecule has 0 bridgehead atoms. The minimum absolute atomic E-state index is 0.0397. The number of amides is 1. The Labute approximate surface area is 182 Å². The van der Waals surface area contributed by atoms with Crippen LogP contribution in [0.25, 0.3) is 10.4 Å². The molecule has 0 saturated carbocycles. The highest BCUT2D eigenvalue weighted by atomic mass is 32.2. The summed E-state index contributed by atoms with van der Waals surface area (Å²) in [5, 5.41) is 23.9. The monoisotopic (exact) mass is 434 g/mol. The van der Waals surface area contributed by atoms with Gasteiger partial charge >= 0.3 is 0 Å². The molecule has 9 heteroatoms. The van der Waals surface area contributed by atoms with Crippen LogP contribution in [0.2, 0.25) is 0 Å². The third kappa shape index (κ3) is 4.43. The molecule has 0 aromatic carbocycles. The Morgan fingerprint density at radius 3 is 2.63 bits per heavy atom. The van der Waals surface area contributed by atoms with E-state index in [4.69, 9.17) is 5.73 Å². The minimum Gasteiger partial charge on any atom is -0.383 e. The van der Waals surface area contributed by atoms with Gasteiger partial charge in [0, 0.05) is 16.6 Å². The zero-order chi connectivity index (χ0) is 21.7. The number of thioether (sulfide) groups is 1. The number of nitrogens with two attached hydrogens (primary N) is 1.